The molecule has 0 N–H and O–H groups in total. The van der Waals surface area contributed by atoms with Gasteiger partial charge in [-0.25, -0.2) is 4.98 Å². The van der Waals surface area contributed by atoms with Crippen molar-refractivity contribution in [3.63, 3.8) is 0 Å². The fraction of sp³-hybridized carbons (Fsp3) is 0.0833. The smallest absolute Gasteiger partial charge is 0.223 e. The highest BCUT2D eigenvalue weighted by molar-refractivity contribution is 6.17. The molecule has 76 valence electrons. The number of rotatable bonds is 3. The van der Waals surface area contributed by atoms with E-state index in [-0.39, 0.29) is 0 Å². The first-order chi connectivity index (χ1) is 7.40. The van der Waals surface area contributed by atoms with Gasteiger partial charge in [-0.3, -0.25) is 0 Å². The summed E-state index contributed by atoms with van der Waals surface area (Å²) in [4.78, 5) is 4.14. The lowest BCUT2D eigenvalue weighted by atomic mass is 10.3. The molecular weight excluding hydrogens is 210 g/mol. The molecular formula is C12H10ClNO. The first kappa shape index (κ1) is 9.99. The molecule has 0 spiro atoms. The normalized spacial score (nSPS) is 9.93. The summed E-state index contributed by atoms with van der Waals surface area (Å²) in [7, 11) is 0. The molecule has 0 aliphatic rings. The molecule has 2 rings (SSSR count). The number of nitrogens with zero attached hydrogens (tertiary/aromatic N) is 1. The lowest BCUT2D eigenvalue weighted by molar-refractivity contribution is 0.458. The Balaban J connectivity index is 2.24. The SMILES string of the molecule is ClCc1cccnc1Oc1ccccc1. The molecule has 1 heterocycles. The third kappa shape index (κ3) is 2.48. The average molecular weight is 220 g/mol. The van der Waals surface area contributed by atoms with Crippen LogP contribution >= 0.6 is 11.6 Å². The fourth-order valence-corrected chi connectivity index (χ4v) is 1.42. The van der Waals surface area contributed by atoms with Crippen molar-refractivity contribution in [2.24, 2.45) is 0 Å². The van der Waals surface area contributed by atoms with Crippen LogP contribution in [0.5, 0.6) is 11.6 Å². The minimum absolute atomic E-state index is 0.399. The molecule has 0 fully saturated rings. The van der Waals surface area contributed by atoms with Gasteiger partial charge in [-0.15, -0.1) is 11.6 Å². The predicted molar refractivity (Wildman–Crippen MR) is 60.3 cm³/mol. The van der Waals surface area contributed by atoms with Gasteiger partial charge in [0.25, 0.3) is 0 Å². The minimum atomic E-state index is 0.399. The lowest BCUT2D eigenvalue weighted by Crippen LogP contribution is -1.91. The molecule has 0 saturated heterocycles. The summed E-state index contributed by atoms with van der Waals surface area (Å²) in [5.74, 6) is 1.73. The van der Waals surface area contributed by atoms with Crippen LogP contribution in [0.4, 0.5) is 0 Å². The lowest BCUT2D eigenvalue weighted by Gasteiger charge is -2.07. The van der Waals surface area contributed by atoms with Crippen molar-refractivity contribution in [2.45, 2.75) is 5.88 Å². The monoisotopic (exact) mass is 219 g/mol. The summed E-state index contributed by atoms with van der Waals surface area (Å²) < 4.78 is 5.60. The van der Waals surface area contributed by atoms with Crippen LogP contribution in [-0.4, -0.2) is 4.98 Å². The van der Waals surface area contributed by atoms with Crippen LogP contribution in [0.1, 0.15) is 5.56 Å². The van der Waals surface area contributed by atoms with E-state index in [0.717, 1.165) is 11.3 Å². The van der Waals surface area contributed by atoms with Crippen LogP contribution in [0.2, 0.25) is 0 Å². The molecule has 0 amide bonds. The van der Waals surface area contributed by atoms with Crippen molar-refractivity contribution in [3.05, 3.63) is 54.2 Å². The molecule has 1 aromatic carbocycles. The highest BCUT2D eigenvalue weighted by Crippen LogP contribution is 2.23. The maximum atomic E-state index is 5.78. The first-order valence-electron chi connectivity index (χ1n) is 4.63. The predicted octanol–water partition coefficient (Wildman–Crippen LogP) is 3.61. The number of hydrogen-bond donors (Lipinski definition) is 0. The number of hydrogen-bond acceptors (Lipinski definition) is 2. The van der Waals surface area contributed by atoms with Crippen molar-refractivity contribution in [1.29, 1.82) is 0 Å². The van der Waals surface area contributed by atoms with Gasteiger partial charge in [-0.05, 0) is 18.2 Å². The Kier molecular flexibility index (Phi) is 3.20. The molecule has 0 saturated carbocycles. The number of alkyl halides is 1. The van der Waals surface area contributed by atoms with E-state index in [2.05, 4.69) is 4.98 Å². The third-order valence-electron chi connectivity index (χ3n) is 1.95. The minimum Gasteiger partial charge on any atom is -0.439 e. The summed E-state index contributed by atoms with van der Waals surface area (Å²) in [6, 6.07) is 13.3. The van der Waals surface area contributed by atoms with Gasteiger partial charge in [0.15, 0.2) is 0 Å². The maximum Gasteiger partial charge on any atom is 0.223 e. The zero-order chi connectivity index (χ0) is 10.5. The average Bonchev–Trinajstić information content (AvgIpc) is 2.31. The van der Waals surface area contributed by atoms with Crippen molar-refractivity contribution in [2.75, 3.05) is 0 Å². The molecule has 3 heteroatoms. The molecule has 1 aromatic heterocycles. The van der Waals surface area contributed by atoms with Gasteiger partial charge in [0.1, 0.15) is 5.75 Å². The second-order valence-electron chi connectivity index (χ2n) is 3.02. The van der Waals surface area contributed by atoms with E-state index < -0.39 is 0 Å². The van der Waals surface area contributed by atoms with Crippen molar-refractivity contribution in [3.8, 4) is 11.6 Å². The third-order valence-corrected chi connectivity index (χ3v) is 2.24. The largest absolute Gasteiger partial charge is 0.439 e. The van der Waals surface area contributed by atoms with E-state index >= 15 is 0 Å². The van der Waals surface area contributed by atoms with Crippen LogP contribution in [0.3, 0.4) is 0 Å². The summed E-state index contributed by atoms with van der Waals surface area (Å²) in [6.45, 7) is 0. The van der Waals surface area contributed by atoms with E-state index in [4.69, 9.17) is 16.3 Å². The number of benzene rings is 1. The molecule has 2 aromatic rings. The molecule has 15 heavy (non-hydrogen) atoms. The topological polar surface area (TPSA) is 22.1 Å². The molecule has 0 radical (unpaired) electrons. The number of ether oxygens (including phenoxy) is 1. The Morgan fingerprint density at radius 3 is 2.60 bits per heavy atom. The quantitative estimate of drug-likeness (QED) is 0.736. The Hall–Kier alpha value is -1.54. The Bertz CT molecular complexity index is 431. The fourth-order valence-electron chi connectivity index (χ4n) is 1.22. The van der Waals surface area contributed by atoms with Gasteiger partial charge in [-0.2, -0.15) is 0 Å². The molecule has 2 nitrogen and oxygen atoms in total. The van der Waals surface area contributed by atoms with Crippen molar-refractivity contribution in [1.82, 2.24) is 4.98 Å². The standard InChI is InChI=1S/C12H10ClNO/c13-9-10-5-4-8-14-12(10)15-11-6-2-1-3-7-11/h1-8H,9H2. The summed E-state index contributed by atoms with van der Waals surface area (Å²) in [5.41, 5.74) is 0.892. The molecule has 0 atom stereocenters. The second-order valence-corrected chi connectivity index (χ2v) is 3.28. The van der Waals surface area contributed by atoms with Crippen molar-refractivity contribution < 1.29 is 4.74 Å². The van der Waals surface area contributed by atoms with Gasteiger partial charge in [-0.1, -0.05) is 24.3 Å². The molecule has 0 aliphatic carbocycles. The zero-order valence-corrected chi connectivity index (χ0v) is 8.82. The Labute approximate surface area is 93.5 Å². The van der Waals surface area contributed by atoms with Crippen LogP contribution in [-0.2, 0) is 5.88 Å². The number of para-hydroxylation sites is 1. The highest BCUT2D eigenvalue weighted by Gasteiger charge is 2.03. The van der Waals surface area contributed by atoms with E-state index in [0.29, 0.717) is 11.8 Å². The zero-order valence-electron chi connectivity index (χ0n) is 8.06. The summed E-state index contributed by atoms with van der Waals surface area (Å²) in [5, 5.41) is 0. The van der Waals surface area contributed by atoms with Gasteiger partial charge in [0.2, 0.25) is 5.88 Å². The summed E-state index contributed by atoms with van der Waals surface area (Å²) >= 11 is 5.78. The van der Waals surface area contributed by atoms with Crippen LogP contribution < -0.4 is 4.74 Å². The Morgan fingerprint density at radius 2 is 1.87 bits per heavy atom. The van der Waals surface area contributed by atoms with E-state index in [9.17, 15) is 0 Å². The van der Waals surface area contributed by atoms with Crippen molar-refractivity contribution >= 4 is 11.6 Å². The number of aromatic nitrogens is 1. The maximum absolute atomic E-state index is 5.78. The molecule has 0 aliphatic heterocycles. The van der Waals surface area contributed by atoms with Crippen LogP contribution in [0.25, 0.3) is 0 Å². The van der Waals surface area contributed by atoms with Crippen LogP contribution in [0.15, 0.2) is 48.7 Å². The van der Waals surface area contributed by atoms with Gasteiger partial charge in [0.05, 0.1) is 5.88 Å². The molecule has 0 bridgehead atoms. The van der Waals surface area contributed by atoms with Crippen LogP contribution in [0, 0.1) is 0 Å². The summed E-state index contributed by atoms with van der Waals surface area (Å²) in [6.07, 6.45) is 1.69. The number of halogens is 1. The second kappa shape index (κ2) is 4.80. The molecule has 0 unspecified atom stereocenters. The first-order valence-corrected chi connectivity index (χ1v) is 5.16. The van der Waals surface area contributed by atoms with Gasteiger partial charge in [0, 0.05) is 11.8 Å². The van der Waals surface area contributed by atoms with Gasteiger partial charge >= 0.3 is 0 Å². The van der Waals surface area contributed by atoms with E-state index in [1.54, 1.807) is 6.20 Å². The van der Waals surface area contributed by atoms with Gasteiger partial charge < -0.3 is 4.74 Å². The van der Waals surface area contributed by atoms with E-state index in [1.165, 1.54) is 0 Å². The number of pyridine rings is 1. The highest BCUT2D eigenvalue weighted by atomic mass is 35.5. The van der Waals surface area contributed by atoms with E-state index in [1.807, 2.05) is 42.5 Å². The Morgan fingerprint density at radius 1 is 1.07 bits per heavy atom.